The van der Waals surface area contributed by atoms with Gasteiger partial charge < -0.3 is 15.7 Å². The molecule has 1 rings (SSSR count). The number of carbonyl (C=O) groups is 1. The molecule has 1 amide bonds. The molecule has 0 saturated carbocycles. The normalized spacial score (nSPS) is 10.2. The van der Waals surface area contributed by atoms with Gasteiger partial charge in [0.15, 0.2) is 0 Å². The molecule has 1 aromatic carbocycles. The van der Waals surface area contributed by atoms with E-state index in [0.29, 0.717) is 29.4 Å². The smallest absolute Gasteiger partial charge is 0.256 e. The summed E-state index contributed by atoms with van der Waals surface area (Å²) in [6.45, 7) is 2.58. The number of hydrogen-bond donors (Lipinski definition) is 2. The number of aliphatic hydroxyl groups excluding tert-OH is 1. The van der Waals surface area contributed by atoms with E-state index in [1.807, 2.05) is 6.92 Å². The maximum Gasteiger partial charge on any atom is 0.256 e. The van der Waals surface area contributed by atoms with Gasteiger partial charge in [-0.2, -0.15) is 0 Å². The highest BCUT2D eigenvalue weighted by Crippen LogP contribution is 2.19. The zero-order valence-corrected chi connectivity index (χ0v) is 9.87. The van der Waals surface area contributed by atoms with Crippen LogP contribution in [0.3, 0.4) is 0 Å². The van der Waals surface area contributed by atoms with Gasteiger partial charge in [0.1, 0.15) is 0 Å². The van der Waals surface area contributed by atoms with Gasteiger partial charge >= 0.3 is 0 Å². The predicted molar refractivity (Wildman–Crippen MR) is 64.5 cm³/mol. The summed E-state index contributed by atoms with van der Waals surface area (Å²) in [5.74, 6) is -0.212. The molecule has 5 heteroatoms. The lowest BCUT2D eigenvalue weighted by Gasteiger charge is -2.20. The number of benzene rings is 1. The molecule has 1 aromatic rings. The molecule has 0 spiro atoms. The third-order valence-corrected chi connectivity index (χ3v) is 2.52. The molecule has 0 heterocycles. The molecule has 0 aliphatic carbocycles. The number of nitrogens with zero attached hydrogens (tertiary/aromatic N) is 1. The van der Waals surface area contributed by atoms with E-state index in [-0.39, 0.29) is 12.5 Å². The lowest BCUT2D eigenvalue weighted by atomic mass is 10.1. The molecular formula is C11H15ClN2O2. The van der Waals surface area contributed by atoms with Crippen molar-refractivity contribution in [3.05, 3.63) is 28.8 Å². The number of aliphatic hydroxyl groups is 1. The Morgan fingerprint density at radius 3 is 2.81 bits per heavy atom. The van der Waals surface area contributed by atoms with Crippen LogP contribution in [0.1, 0.15) is 17.3 Å². The largest absolute Gasteiger partial charge is 0.398 e. The lowest BCUT2D eigenvalue weighted by Crippen LogP contribution is -2.33. The third kappa shape index (κ3) is 2.87. The number of likely N-dealkylation sites (N-methyl/N-ethyl adjacent to an activating group) is 1. The van der Waals surface area contributed by atoms with Crippen LogP contribution in [0.15, 0.2) is 18.2 Å². The number of hydrogen-bond acceptors (Lipinski definition) is 3. The summed E-state index contributed by atoms with van der Waals surface area (Å²) < 4.78 is 0. The highest BCUT2D eigenvalue weighted by molar-refractivity contribution is 6.31. The first-order valence-corrected chi connectivity index (χ1v) is 5.43. The maximum atomic E-state index is 12.0. The summed E-state index contributed by atoms with van der Waals surface area (Å²) in [5.41, 5.74) is 6.48. The highest BCUT2D eigenvalue weighted by Gasteiger charge is 2.16. The Kier molecular flexibility index (Phi) is 4.58. The van der Waals surface area contributed by atoms with Crippen LogP contribution in [0.25, 0.3) is 0 Å². The van der Waals surface area contributed by atoms with Crippen LogP contribution in [0.4, 0.5) is 5.69 Å². The van der Waals surface area contributed by atoms with Crippen LogP contribution < -0.4 is 5.73 Å². The van der Waals surface area contributed by atoms with Crippen LogP contribution in [-0.4, -0.2) is 35.6 Å². The topological polar surface area (TPSA) is 66.6 Å². The summed E-state index contributed by atoms with van der Waals surface area (Å²) in [4.78, 5) is 13.5. The highest BCUT2D eigenvalue weighted by atomic mass is 35.5. The Bertz CT molecular complexity index is 382. The minimum absolute atomic E-state index is 0.0694. The zero-order chi connectivity index (χ0) is 12.1. The quantitative estimate of drug-likeness (QED) is 0.784. The van der Waals surface area contributed by atoms with Gasteiger partial charge in [-0.15, -0.1) is 0 Å². The fraction of sp³-hybridized carbons (Fsp3) is 0.364. The van der Waals surface area contributed by atoms with Crippen molar-refractivity contribution in [3.8, 4) is 0 Å². The summed E-state index contributed by atoms with van der Waals surface area (Å²) in [5, 5.41) is 9.31. The van der Waals surface area contributed by atoms with Crippen molar-refractivity contribution in [2.45, 2.75) is 6.92 Å². The second kappa shape index (κ2) is 5.72. The number of anilines is 1. The summed E-state index contributed by atoms with van der Waals surface area (Å²) in [7, 11) is 0. The van der Waals surface area contributed by atoms with Gasteiger partial charge in [0, 0.05) is 23.8 Å². The van der Waals surface area contributed by atoms with Gasteiger partial charge in [-0.25, -0.2) is 0 Å². The fourth-order valence-electron chi connectivity index (χ4n) is 1.41. The first kappa shape index (κ1) is 12.8. The number of carbonyl (C=O) groups excluding carboxylic acids is 1. The molecule has 0 saturated heterocycles. The van der Waals surface area contributed by atoms with Gasteiger partial charge in [0.2, 0.25) is 0 Å². The van der Waals surface area contributed by atoms with Crippen molar-refractivity contribution in [3.63, 3.8) is 0 Å². The van der Waals surface area contributed by atoms with Gasteiger partial charge in [-0.05, 0) is 25.1 Å². The van der Waals surface area contributed by atoms with Gasteiger partial charge in [-0.3, -0.25) is 4.79 Å². The monoisotopic (exact) mass is 242 g/mol. The number of nitrogen functional groups attached to an aromatic ring is 1. The minimum Gasteiger partial charge on any atom is -0.398 e. The zero-order valence-electron chi connectivity index (χ0n) is 9.11. The molecule has 0 aliphatic heterocycles. The molecule has 88 valence electrons. The van der Waals surface area contributed by atoms with Crippen molar-refractivity contribution in [1.29, 1.82) is 0 Å². The number of halogens is 1. The number of amides is 1. The Hall–Kier alpha value is -1.26. The maximum absolute atomic E-state index is 12.0. The average Bonchev–Trinajstić information content (AvgIpc) is 2.28. The third-order valence-electron chi connectivity index (χ3n) is 2.28. The molecular weight excluding hydrogens is 228 g/mol. The van der Waals surface area contributed by atoms with E-state index in [9.17, 15) is 4.79 Å². The summed E-state index contributed by atoms with van der Waals surface area (Å²) >= 11 is 5.81. The van der Waals surface area contributed by atoms with E-state index in [2.05, 4.69) is 0 Å². The first-order chi connectivity index (χ1) is 7.60. The van der Waals surface area contributed by atoms with Gasteiger partial charge in [0.05, 0.1) is 12.2 Å². The lowest BCUT2D eigenvalue weighted by molar-refractivity contribution is 0.0733. The van der Waals surface area contributed by atoms with Crippen LogP contribution in [0, 0.1) is 0 Å². The van der Waals surface area contributed by atoms with Gasteiger partial charge in [-0.1, -0.05) is 11.6 Å². The Balaban J connectivity index is 2.98. The second-order valence-corrected chi connectivity index (χ2v) is 3.78. The van der Waals surface area contributed by atoms with E-state index >= 15 is 0 Å². The van der Waals surface area contributed by atoms with E-state index in [1.165, 1.54) is 4.90 Å². The van der Waals surface area contributed by atoms with Crippen LogP contribution in [-0.2, 0) is 0 Å². The first-order valence-electron chi connectivity index (χ1n) is 5.05. The average molecular weight is 243 g/mol. The standard InChI is InChI=1S/C11H15ClN2O2/c1-2-14(5-6-15)11(16)9-7-8(12)3-4-10(9)13/h3-4,7,15H,2,5-6,13H2,1H3. The fourth-order valence-corrected chi connectivity index (χ4v) is 1.58. The molecule has 0 aliphatic rings. The number of rotatable bonds is 4. The molecule has 0 radical (unpaired) electrons. The molecule has 0 atom stereocenters. The molecule has 16 heavy (non-hydrogen) atoms. The van der Waals surface area contributed by atoms with Crippen molar-refractivity contribution in [2.75, 3.05) is 25.4 Å². The molecule has 0 aromatic heterocycles. The van der Waals surface area contributed by atoms with Crippen LogP contribution in [0.2, 0.25) is 5.02 Å². The van der Waals surface area contributed by atoms with Gasteiger partial charge in [0.25, 0.3) is 5.91 Å². The number of nitrogens with two attached hydrogens (primary N) is 1. The molecule has 0 fully saturated rings. The van der Waals surface area contributed by atoms with E-state index in [1.54, 1.807) is 18.2 Å². The predicted octanol–water partition coefficient (Wildman–Crippen LogP) is 1.38. The Morgan fingerprint density at radius 2 is 2.25 bits per heavy atom. The molecule has 4 nitrogen and oxygen atoms in total. The summed E-state index contributed by atoms with van der Waals surface area (Å²) in [6.07, 6.45) is 0. The Labute approximate surface area is 99.6 Å². The SMILES string of the molecule is CCN(CCO)C(=O)c1cc(Cl)ccc1N. The molecule has 0 unspecified atom stereocenters. The van der Waals surface area contributed by atoms with Crippen molar-refractivity contribution >= 4 is 23.2 Å². The summed E-state index contributed by atoms with van der Waals surface area (Å²) in [6, 6.07) is 4.78. The van der Waals surface area contributed by atoms with E-state index in [4.69, 9.17) is 22.4 Å². The Morgan fingerprint density at radius 1 is 1.56 bits per heavy atom. The molecule has 3 N–H and O–H groups in total. The van der Waals surface area contributed by atoms with Crippen molar-refractivity contribution in [1.82, 2.24) is 4.90 Å². The van der Waals surface area contributed by atoms with E-state index < -0.39 is 0 Å². The van der Waals surface area contributed by atoms with Crippen molar-refractivity contribution < 1.29 is 9.90 Å². The molecule has 0 bridgehead atoms. The van der Waals surface area contributed by atoms with Crippen molar-refractivity contribution in [2.24, 2.45) is 0 Å². The van der Waals surface area contributed by atoms with E-state index in [0.717, 1.165) is 0 Å². The van der Waals surface area contributed by atoms with Crippen LogP contribution >= 0.6 is 11.6 Å². The van der Waals surface area contributed by atoms with Crippen LogP contribution in [0.5, 0.6) is 0 Å². The second-order valence-electron chi connectivity index (χ2n) is 3.34. The minimum atomic E-state index is -0.212.